The van der Waals surface area contributed by atoms with E-state index in [0.717, 1.165) is 6.07 Å². The Morgan fingerprint density at radius 2 is 2.00 bits per heavy atom. The number of hydrogen-bond donors (Lipinski definition) is 2. The second-order valence-corrected chi connectivity index (χ2v) is 5.81. The number of amides is 1. The number of primary amides is 1. The van der Waals surface area contributed by atoms with Crippen LogP contribution in [0.15, 0.2) is 24.3 Å². The summed E-state index contributed by atoms with van der Waals surface area (Å²) in [6.07, 6.45) is -5.38. The Bertz CT molecular complexity index is 575. The Labute approximate surface area is 131 Å². The molecule has 1 amide bonds. The molecule has 5 nitrogen and oxygen atoms in total. The highest BCUT2D eigenvalue weighted by molar-refractivity contribution is 5.79. The van der Waals surface area contributed by atoms with E-state index in [0.29, 0.717) is 6.54 Å². The summed E-state index contributed by atoms with van der Waals surface area (Å²) in [4.78, 5) is 12.9. The van der Waals surface area contributed by atoms with Crippen molar-refractivity contribution in [3.63, 3.8) is 0 Å². The van der Waals surface area contributed by atoms with Gasteiger partial charge in [0.05, 0.1) is 12.2 Å². The number of rotatable bonds is 4. The van der Waals surface area contributed by atoms with E-state index in [1.165, 1.54) is 25.1 Å². The SMILES string of the molecule is C[C@@](O)(CN1CCO[C@@H](C(N)=O)C1)c1ccccc1C(F)(F)F. The lowest BCUT2D eigenvalue weighted by Crippen LogP contribution is -2.52. The van der Waals surface area contributed by atoms with Gasteiger partial charge in [-0.25, -0.2) is 0 Å². The van der Waals surface area contributed by atoms with E-state index in [2.05, 4.69) is 0 Å². The number of nitrogens with two attached hydrogens (primary N) is 1. The Morgan fingerprint density at radius 1 is 1.39 bits per heavy atom. The summed E-state index contributed by atoms with van der Waals surface area (Å²) in [5, 5.41) is 10.6. The maximum atomic E-state index is 13.1. The third kappa shape index (κ3) is 4.21. The number of alkyl halides is 3. The van der Waals surface area contributed by atoms with Crippen LogP contribution in [-0.2, 0) is 21.3 Å². The van der Waals surface area contributed by atoms with Crippen LogP contribution in [0.4, 0.5) is 13.2 Å². The zero-order valence-electron chi connectivity index (χ0n) is 12.6. The molecule has 0 aromatic heterocycles. The van der Waals surface area contributed by atoms with Gasteiger partial charge in [0.15, 0.2) is 0 Å². The Morgan fingerprint density at radius 3 is 2.57 bits per heavy atom. The molecule has 1 saturated heterocycles. The minimum absolute atomic E-state index is 0.0623. The van der Waals surface area contributed by atoms with Gasteiger partial charge >= 0.3 is 6.18 Å². The number of halogens is 3. The van der Waals surface area contributed by atoms with Gasteiger partial charge in [-0.1, -0.05) is 18.2 Å². The van der Waals surface area contributed by atoms with Crippen molar-refractivity contribution in [2.45, 2.75) is 24.8 Å². The van der Waals surface area contributed by atoms with Gasteiger partial charge in [-0.2, -0.15) is 13.2 Å². The van der Waals surface area contributed by atoms with E-state index in [4.69, 9.17) is 10.5 Å². The lowest BCUT2D eigenvalue weighted by molar-refractivity contribution is -0.142. The molecule has 1 aromatic rings. The summed E-state index contributed by atoms with van der Waals surface area (Å²) in [7, 11) is 0. The first-order chi connectivity index (χ1) is 10.6. The van der Waals surface area contributed by atoms with Crippen molar-refractivity contribution in [2.75, 3.05) is 26.2 Å². The van der Waals surface area contributed by atoms with Gasteiger partial charge in [-0.3, -0.25) is 9.69 Å². The molecular weight excluding hydrogens is 313 g/mol. The van der Waals surface area contributed by atoms with Crippen molar-refractivity contribution in [1.82, 2.24) is 4.90 Å². The van der Waals surface area contributed by atoms with E-state index < -0.39 is 29.4 Å². The Hall–Kier alpha value is -1.64. The van der Waals surface area contributed by atoms with Crippen molar-refractivity contribution in [1.29, 1.82) is 0 Å². The van der Waals surface area contributed by atoms with Crippen molar-refractivity contribution >= 4 is 5.91 Å². The molecule has 2 rings (SSSR count). The predicted octanol–water partition coefficient (Wildman–Crippen LogP) is 1.10. The van der Waals surface area contributed by atoms with Crippen molar-refractivity contribution in [3.05, 3.63) is 35.4 Å². The summed E-state index contributed by atoms with van der Waals surface area (Å²) in [5.41, 5.74) is 2.38. The van der Waals surface area contributed by atoms with Crippen LogP contribution in [0.5, 0.6) is 0 Å². The average Bonchev–Trinajstić information content (AvgIpc) is 2.46. The fourth-order valence-electron chi connectivity index (χ4n) is 2.74. The number of benzene rings is 1. The van der Waals surface area contributed by atoms with Crippen LogP contribution >= 0.6 is 0 Å². The molecule has 23 heavy (non-hydrogen) atoms. The third-order valence-electron chi connectivity index (χ3n) is 3.81. The molecule has 1 fully saturated rings. The standard InChI is InChI=1S/C15H19F3N2O3/c1-14(22,9-20-6-7-23-12(8-20)13(19)21)10-4-2-3-5-11(10)15(16,17)18/h2-5,12,22H,6-9H2,1H3,(H2,19,21)/t12-,14-/m1/s1. The number of carbonyl (C=O) groups excluding carboxylic acids is 1. The van der Waals surface area contributed by atoms with E-state index in [-0.39, 0.29) is 25.3 Å². The number of hydrogen-bond acceptors (Lipinski definition) is 4. The normalized spacial score (nSPS) is 22.6. The van der Waals surface area contributed by atoms with Crippen LogP contribution in [0.2, 0.25) is 0 Å². The van der Waals surface area contributed by atoms with E-state index in [1.807, 2.05) is 0 Å². The molecule has 0 aliphatic carbocycles. The second-order valence-electron chi connectivity index (χ2n) is 5.81. The monoisotopic (exact) mass is 332 g/mol. The topological polar surface area (TPSA) is 75.8 Å². The highest BCUT2D eigenvalue weighted by Crippen LogP contribution is 2.37. The minimum atomic E-state index is -4.55. The fourth-order valence-corrected chi connectivity index (χ4v) is 2.74. The maximum absolute atomic E-state index is 13.1. The van der Waals surface area contributed by atoms with E-state index in [1.54, 1.807) is 4.90 Å². The zero-order chi connectivity index (χ0) is 17.3. The van der Waals surface area contributed by atoms with Crippen LogP contribution in [0, 0.1) is 0 Å². The van der Waals surface area contributed by atoms with Gasteiger partial charge in [-0.05, 0) is 18.6 Å². The van der Waals surface area contributed by atoms with Crippen LogP contribution < -0.4 is 5.73 Å². The van der Waals surface area contributed by atoms with Gasteiger partial charge in [0.25, 0.3) is 0 Å². The predicted molar refractivity (Wildman–Crippen MR) is 76.4 cm³/mol. The quantitative estimate of drug-likeness (QED) is 0.866. The highest BCUT2D eigenvalue weighted by atomic mass is 19.4. The van der Waals surface area contributed by atoms with Crippen molar-refractivity contribution in [2.24, 2.45) is 5.73 Å². The van der Waals surface area contributed by atoms with Gasteiger partial charge in [0, 0.05) is 19.6 Å². The molecule has 2 atom stereocenters. The largest absolute Gasteiger partial charge is 0.416 e. The molecule has 0 spiro atoms. The third-order valence-corrected chi connectivity index (χ3v) is 3.81. The van der Waals surface area contributed by atoms with Crippen LogP contribution in [0.3, 0.4) is 0 Å². The maximum Gasteiger partial charge on any atom is 0.416 e. The van der Waals surface area contributed by atoms with Gasteiger partial charge in [0.1, 0.15) is 11.7 Å². The van der Waals surface area contributed by atoms with E-state index >= 15 is 0 Å². The molecule has 0 saturated carbocycles. The van der Waals surface area contributed by atoms with Gasteiger partial charge < -0.3 is 15.6 Å². The Kier molecular flexibility index (Phi) is 4.98. The lowest BCUT2D eigenvalue weighted by atomic mass is 9.90. The number of nitrogens with zero attached hydrogens (tertiary/aromatic N) is 1. The molecule has 1 heterocycles. The van der Waals surface area contributed by atoms with Crippen LogP contribution in [0.1, 0.15) is 18.1 Å². The molecule has 128 valence electrons. The zero-order valence-corrected chi connectivity index (χ0v) is 12.6. The van der Waals surface area contributed by atoms with Crippen LogP contribution in [-0.4, -0.2) is 48.3 Å². The van der Waals surface area contributed by atoms with Gasteiger partial charge in [-0.15, -0.1) is 0 Å². The summed E-state index contributed by atoms with van der Waals surface area (Å²) >= 11 is 0. The molecule has 3 N–H and O–H groups in total. The minimum Gasteiger partial charge on any atom is -0.384 e. The average molecular weight is 332 g/mol. The first kappa shape index (κ1) is 17.7. The van der Waals surface area contributed by atoms with Crippen molar-refractivity contribution in [3.8, 4) is 0 Å². The Balaban J connectivity index is 2.21. The molecule has 0 radical (unpaired) electrons. The number of carbonyl (C=O) groups is 1. The van der Waals surface area contributed by atoms with Gasteiger partial charge in [0.2, 0.25) is 5.91 Å². The summed E-state index contributed by atoms with van der Waals surface area (Å²) in [6.45, 7) is 2.03. The number of aliphatic hydroxyl groups is 1. The number of ether oxygens (including phenoxy) is 1. The lowest BCUT2D eigenvalue weighted by Gasteiger charge is -2.37. The number of β-amino-alcohol motifs (C(OH)–C–C–N with tert-alkyl or cyclic N) is 1. The second kappa shape index (κ2) is 6.46. The summed E-state index contributed by atoms with van der Waals surface area (Å²) in [5.74, 6) is -0.634. The molecule has 1 aromatic carbocycles. The molecule has 1 aliphatic rings. The first-order valence-electron chi connectivity index (χ1n) is 7.13. The fraction of sp³-hybridized carbons (Fsp3) is 0.533. The molecule has 0 unspecified atom stereocenters. The smallest absolute Gasteiger partial charge is 0.384 e. The number of morpholine rings is 1. The van der Waals surface area contributed by atoms with E-state index in [9.17, 15) is 23.1 Å². The van der Waals surface area contributed by atoms with Crippen LogP contribution in [0.25, 0.3) is 0 Å². The highest BCUT2D eigenvalue weighted by Gasteiger charge is 2.39. The molecular formula is C15H19F3N2O3. The first-order valence-corrected chi connectivity index (χ1v) is 7.13. The summed E-state index contributed by atoms with van der Waals surface area (Å²) in [6, 6.07) is 4.93. The molecule has 8 heteroatoms. The summed E-state index contributed by atoms with van der Waals surface area (Å²) < 4.78 is 44.5. The van der Waals surface area contributed by atoms with Crippen molar-refractivity contribution < 1.29 is 27.8 Å². The molecule has 1 aliphatic heterocycles. The molecule has 0 bridgehead atoms.